The average molecular weight is 366 g/mol. The lowest BCUT2D eigenvalue weighted by atomic mass is 9.76. The molecule has 1 N–H and O–H groups in total. The number of rotatable bonds is 3. The van der Waals surface area contributed by atoms with Crippen LogP contribution in [0.4, 0.5) is 5.69 Å². The summed E-state index contributed by atoms with van der Waals surface area (Å²) < 4.78 is 0. The largest absolute Gasteiger partial charge is 0.378 e. The molecule has 0 bridgehead atoms. The Balaban J connectivity index is 1.51. The molecule has 3 atom stereocenters. The van der Waals surface area contributed by atoms with Crippen molar-refractivity contribution in [3.8, 4) is 11.1 Å². The van der Waals surface area contributed by atoms with Crippen LogP contribution < -0.4 is 5.32 Å². The van der Waals surface area contributed by atoms with Crippen LogP contribution in [-0.2, 0) is 0 Å². The van der Waals surface area contributed by atoms with E-state index in [2.05, 4.69) is 104 Å². The normalized spacial score (nSPS) is 22.6. The van der Waals surface area contributed by atoms with Crippen LogP contribution in [0.5, 0.6) is 0 Å². The van der Waals surface area contributed by atoms with E-state index in [1.165, 1.54) is 33.5 Å². The third-order valence-corrected chi connectivity index (χ3v) is 6.43. The molecule has 0 amide bonds. The lowest BCUT2D eigenvalue weighted by molar-refractivity contribution is 0.425. The Kier molecular flexibility index (Phi) is 4.31. The smallest absolute Gasteiger partial charge is 0.0553 e. The highest BCUT2D eigenvalue weighted by atomic mass is 15.0. The standard InChI is InChI=1S/C27H27N/c1-18(2)19-11-13-21(14-12-19)27-24-10-6-9-23(24)25-17-22(15-16-26(25)28-27)20-7-4-3-5-8-20/h3-9,11-18,23-24,27-28H,10H2,1-2H3/t23-,24-,27-/m0/s1. The van der Waals surface area contributed by atoms with Crippen LogP contribution in [0, 0.1) is 5.92 Å². The zero-order chi connectivity index (χ0) is 19.1. The van der Waals surface area contributed by atoms with E-state index in [9.17, 15) is 0 Å². The van der Waals surface area contributed by atoms with Gasteiger partial charge in [0.05, 0.1) is 6.04 Å². The molecule has 0 fully saturated rings. The molecule has 0 saturated heterocycles. The maximum atomic E-state index is 3.87. The molecule has 0 unspecified atom stereocenters. The minimum absolute atomic E-state index is 0.372. The quantitative estimate of drug-likeness (QED) is 0.480. The van der Waals surface area contributed by atoms with Crippen molar-refractivity contribution >= 4 is 5.69 Å². The van der Waals surface area contributed by atoms with Crippen molar-refractivity contribution in [2.24, 2.45) is 5.92 Å². The molecule has 5 rings (SSSR count). The summed E-state index contributed by atoms with van der Waals surface area (Å²) in [6, 6.07) is 27.2. The molecular formula is C27H27N. The number of nitrogens with one attached hydrogen (secondary N) is 1. The minimum Gasteiger partial charge on any atom is -0.378 e. The van der Waals surface area contributed by atoms with Gasteiger partial charge in [0, 0.05) is 11.6 Å². The molecule has 1 aliphatic heterocycles. The summed E-state index contributed by atoms with van der Waals surface area (Å²) >= 11 is 0. The Labute approximate surface area is 168 Å². The predicted molar refractivity (Wildman–Crippen MR) is 119 cm³/mol. The van der Waals surface area contributed by atoms with Crippen molar-refractivity contribution in [2.75, 3.05) is 5.32 Å². The van der Waals surface area contributed by atoms with Crippen molar-refractivity contribution in [3.63, 3.8) is 0 Å². The fraction of sp³-hybridized carbons (Fsp3) is 0.259. The summed E-state index contributed by atoms with van der Waals surface area (Å²) in [4.78, 5) is 0. The van der Waals surface area contributed by atoms with Crippen LogP contribution >= 0.6 is 0 Å². The van der Waals surface area contributed by atoms with Gasteiger partial charge in [0.15, 0.2) is 0 Å². The van der Waals surface area contributed by atoms with Crippen molar-refractivity contribution in [1.29, 1.82) is 0 Å². The predicted octanol–water partition coefficient (Wildman–Crippen LogP) is 7.30. The topological polar surface area (TPSA) is 12.0 Å². The van der Waals surface area contributed by atoms with E-state index in [-0.39, 0.29) is 0 Å². The van der Waals surface area contributed by atoms with Gasteiger partial charge in [-0.3, -0.25) is 0 Å². The summed E-state index contributed by atoms with van der Waals surface area (Å²) in [5.41, 5.74) is 8.13. The molecule has 1 aliphatic carbocycles. The van der Waals surface area contributed by atoms with Crippen molar-refractivity contribution in [3.05, 3.63) is 102 Å². The summed E-state index contributed by atoms with van der Waals surface area (Å²) in [5.74, 6) is 1.66. The van der Waals surface area contributed by atoms with E-state index >= 15 is 0 Å². The molecule has 0 spiro atoms. The van der Waals surface area contributed by atoms with E-state index in [4.69, 9.17) is 0 Å². The SMILES string of the molecule is CC(C)c1ccc([C@@H]2Nc3ccc(-c4ccccc4)cc3[C@H]3C=CC[C@@H]32)cc1. The van der Waals surface area contributed by atoms with E-state index in [1.54, 1.807) is 0 Å². The van der Waals surface area contributed by atoms with Gasteiger partial charge in [0.25, 0.3) is 0 Å². The van der Waals surface area contributed by atoms with Gasteiger partial charge in [0.1, 0.15) is 0 Å². The Morgan fingerprint density at radius 2 is 1.64 bits per heavy atom. The first-order valence-corrected chi connectivity index (χ1v) is 10.4. The maximum absolute atomic E-state index is 3.87. The molecule has 0 radical (unpaired) electrons. The first-order chi connectivity index (χ1) is 13.7. The van der Waals surface area contributed by atoms with Crippen LogP contribution in [0.25, 0.3) is 11.1 Å². The average Bonchev–Trinajstić information content (AvgIpc) is 3.24. The molecule has 0 aromatic heterocycles. The monoisotopic (exact) mass is 365 g/mol. The lowest BCUT2D eigenvalue weighted by Gasteiger charge is -2.38. The van der Waals surface area contributed by atoms with E-state index < -0.39 is 0 Å². The van der Waals surface area contributed by atoms with Crippen LogP contribution in [0.1, 0.15) is 54.8 Å². The van der Waals surface area contributed by atoms with E-state index in [0.29, 0.717) is 23.8 Å². The molecule has 1 heterocycles. The first kappa shape index (κ1) is 17.3. The van der Waals surface area contributed by atoms with E-state index in [0.717, 1.165) is 6.42 Å². The Bertz CT molecular complexity index is 998. The number of anilines is 1. The molecule has 28 heavy (non-hydrogen) atoms. The van der Waals surface area contributed by atoms with Crippen LogP contribution in [0.2, 0.25) is 0 Å². The lowest BCUT2D eigenvalue weighted by Crippen LogP contribution is -2.29. The highest BCUT2D eigenvalue weighted by Gasteiger charge is 2.37. The Morgan fingerprint density at radius 3 is 2.39 bits per heavy atom. The zero-order valence-electron chi connectivity index (χ0n) is 16.6. The summed E-state index contributed by atoms with van der Waals surface area (Å²) in [6.45, 7) is 4.51. The fourth-order valence-corrected chi connectivity index (χ4v) is 4.82. The van der Waals surface area contributed by atoms with E-state index in [1.807, 2.05) is 0 Å². The maximum Gasteiger partial charge on any atom is 0.0553 e. The fourth-order valence-electron chi connectivity index (χ4n) is 4.82. The van der Waals surface area contributed by atoms with Gasteiger partial charge >= 0.3 is 0 Å². The van der Waals surface area contributed by atoms with Crippen molar-refractivity contribution in [2.45, 2.75) is 38.1 Å². The van der Waals surface area contributed by atoms with Gasteiger partial charge in [-0.15, -0.1) is 0 Å². The van der Waals surface area contributed by atoms with Gasteiger partial charge in [-0.1, -0.05) is 86.7 Å². The third kappa shape index (κ3) is 2.96. The summed E-state index contributed by atoms with van der Waals surface area (Å²) in [7, 11) is 0. The van der Waals surface area contributed by atoms with Gasteiger partial charge in [-0.05, 0) is 58.2 Å². The number of hydrogen-bond donors (Lipinski definition) is 1. The Morgan fingerprint density at radius 1 is 0.857 bits per heavy atom. The molecule has 3 aromatic carbocycles. The Hall–Kier alpha value is -2.80. The molecular weight excluding hydrogens is 338 g/mol. The number of allylic oxidation sites excluding steroid dienone is 2. The second-order valence-electron chi connectivity index (χ2n) is 8.46. The highest BCUT2D eigenvalue weighted by Crippen LogP contribution is 2.50. The number of hydrogen-bond acceptors (Lipinski definition) is 1. The highest BCUT2D eigenvalue weighted by molar-refractivity contribution is 5.71. The van der Waals surface area contributed by atoms with Gasteiger partial charge in [0.2, 0.25) is 0 Å². The van der Waals surface area contributed by atoms with Crippen LogP contribution in [0.15, 0.2) is 84.9 Å². The van der Waals surface area contributed by atoms with Crippen LogP contribution in [0.3, 0.4) is 0 Å². The zero-order valence-corrected chi connectivity index (χ0v) is 16.6. The second kappa shape index (κ2) is 6.98. The number of fused-ring (bicyclic) bond motifs is 3. The second-order valence-corrected chi connectivity index (χ2v) is 8.46. The summed E-state index contributed by atoms with van der Waals surface area (Å²) in [6.07, 6.45) is 5.94. The molecule has 1 heteroatoms. The third-order valence-electron chi connectivity index (χ3n) is 6.43. The van der Waals surface area contributed by atoms with Crippen molar-refractivity contribution in [1.82, 2.24) is 0 Å². The molecule has 140 valence electrons. The first-order valence-electron chi connectivity index (χ1n) is 10.4. The summed E-state index contributed by atoms with van der Waals surface area (Å²) in [5, 5.41) is 3.87. The minimum atomic E-state index is 0.372. The molecule has 0 saturated carbocycles. The van der Waals surface area contributed by atoms with Gasteiger partial charge in [-0.2, -0.15) is 0 Å². The number of benzene rings is 3. The van der Waals surface area contributed by atoms with Gasteiger partial charge < -0.3 is 5.32 Å². The van der Waals surface area contributed by atoms with Crippen LogP contribution in [-0.4, -0.2) is 0 Å². The molecule has 1 nitrogen and oxygen atoms in total. The van der Waals surface area contributed by atoms with Gasteiger partial charge in [-0.25, -0.2) is 0 Å². The molecule has 3 aromatic rings. The molecule has 2 aliphatic rings. The van der Waals surface area contributed by atoms with Crippen molar-refractivity contribution < 1.29 is 0 Å².